The van der Waals surface area contributed by atoms with Crippen molar-refractivity contribution in [3.63, 3.8) is 0 Å². The Bertz CT molecular complexity index is 858. The maximum atomic E-state index is 2.32. The van der Waals surface area contributed by atoms with Crippen LogP contribution in [0.4, 0.5) is 11.4 Å². The lowest BCUT2D eigenvalue weighted by Gasteiger charge is -2.35. The second kappa shape index (κ2) is 5.56. The van der Waals surface area contributed by atoms with Crippen LogP contribution in [0.5, 0.6) is 0 Å². The number of aryl methyl sites for hydroxylation is 3. The molecule has 24 heavy (non-hydrogen) atoms. The first-order chi connectivity index (χ1) is 11.6. The molecule has 0 aliphatic carbocycles. The van der Waals surface area contributed by atoms with Crippen molar-refractivity contribution in [2.75, 3.05) is 11.9 Å². The van der Waals surface area contributed by atoms with Crippen LogP contribution in [0.2, 0.25) is 0 Å². The molecule has 0 aromatic heterocycles. The smallest absolute Gasteiger partial charge is 0.247 e. The van der Waals surface area contributed by atoms with Crippen LogP contribution in [-0.4, -0.2) is 13.8 Å². The highest BCUT2D eigenvalue weighted by Gasteiger charge is 2.34. The highest BCUT2D eigenvalue weighted by molar-refractivity contribution is 6.98. The molecule has 0 radical (unpaired) electrons. The molecule has 1 aliphatic heterocycles. The third-order valence-corrected chi connectivity index (χ3v) is 5.24. The fourth-order valence-corrected chi connectivity index (χ4v) is 4.33. The monoisotopic (exact) mass is 311 g/mol. The zero-order valence-electron chi connectivity index (χ0n) is 14.8. The molecule has 2 heteroatoms. The summed E-state index contributed by atoms with van der Waals surface area (Å²) in [6.07, 6.45) is 0. The molecule has 4 rings (SSSR count). The number of anilines is 2. The van der Waals surface area contributed by atoms with Gasteiger partial charge in [0.15, 0.2) is 0 Å². The van der Waals surface area contributed by atoms with E-state index in [0.29, 0.717) is 6.71 Å². The Morgan fingerprint density at radius 2 is 1.17 bits per heavy atom. The van der Waals surface area contributed by atoms with Crippen LogP contribution in [0.25, 0.3) is 0 Å². The molecule has 3 aromatic carbocycles. The van der Waals surface area contributed by atoms with E-state index in [1.165, 1.54) is 44.5 Å². The maximum Gasteiger partial charge on any atom is 0.247 e. The van der Waals surface area contributed by atoms with Crippen molar-refractivity contribution in [2.45, 2.75) is 20.8 Å². The third-order valence-electron chi connectivity index (χ3n) is 5.24. The predicted molar refractivity (Wildman–Crippen MR) is 106 cm³/mol. The number of rotatable bonds is 1. The van der Waals surface area contributed by atoms with Crippen molar-refractivity contribution in [3.05, 3.63) is 77.4 Å². The number of fused-ring (bicyclic) bond motifs is 2. The minimum atomic E-state index is 0.300. The Hall–Kier alpha value is -2.48. The predicted octanol–water partition coefficient (Wildman–Crippen LogP) is 3.21. The van der Waals surface area contributed by atoms with Gasteiger partial charge in [-0.05, 0) is 43.8 Å². The van der Waals surface area contributed by atoms with Crippen LogP contribution < -0.4 is 21.3 Å². The van der Waals surface area contributed by atoms with Gasteiger partial charge in [0.25, 0.3) is 0 Å². The van der Waals surface area contributed by atoms with Gasteiger partial charge in [0.1, 0.15) is 0 Å². The van der Waals surface area contributed by atoms with E-state index < -0.39 is 0 Å². The van der Waals surface area contributed by atoms with E-state index in [1.54, 1.807) is 0 Å². The Morgan fingerprint density at radius 3 is 1.67 bits per heavy atom. The zero-order valence-corrected chi connectivity index (χ0v) is 14.8. The first-order valence-electron chi connectivity index (χ1n) is 8.57. The van der Waals surface area contributed by atoms with E-state index in [1.807, 2.05) is 0 Å². The molecule has 0 saturated heterocycles. The molecule has 0 fully saturated rings. The summed E-state index contributed by atoms with van der Waals surface area (Å²) < 4.78 is 0. The molecule has 1 aliphatic rings. The molecule has 3 aromatic rings. The Morgan fingerprint density at radius 1 is 0.708 bits per heavy atom. The van der Waals surface area contributed by atoms with Crippen molar-refractivity contribution in [1.82, 2.24) is 0 Å². The van der Waals surface area contributed by atoms with Crippen molar-refractivity contribution in [3.8, 4) is 0 Å². The molecule has 0 saturated carbocycles. The fourth-order valence-electron chi connectivity index (χ4n) is 4.33. The molecule has 1 heterocycles. The fraction of sp³-hybridized carbons (Fsp3) is 0.182. The van der Waals surface area contributed by atoms with Gasteiger partial charge < -0.3 is 4.90 Å². The topological polar surface area (TPSA) is 3.24 Å². The largest absolute Gasteiger partial charge is 0.345 e. The second-order valence-corrected chi connectivity index (χ2v) is 6.92. The van der Waals surface area contributed by atoms with E-state index in [0.717, 1.165) is 0 Å². The molecule has 1 nitrogen and oxygen atoms in total. The average molecular weight is 311 g/mol. The highest BCUT2D eigenvalue weighted by atomic mass is 15.1. The first-order valence-corrected chi connectivity index (χ1v) is 8.57. The second-order valence-electron chi connectivity index (χ2n) is 6.92. The van der Waals surface area contributed by atoms with E-state index >= 15 is 0 Å². The first kappa shape index (κ1) is 15.1. The molecule has 0 bridgehead atoms. The van der Waals surface area contributed by atoms with E-state index in [2.05, 4.69) is 93.4 Å². The number of hydrogen-bond donors (Lipinski definition) is 0. The number of para-hydroxylation sites is 2. The van der Waals surface area contributed by atoms with E-state index in [9.17, 15) is 0 Å². The molecule has 0 unspecified atom stereocenters. The lowest BCUT2D eigenvalue weighted by molar-refractivity contribution is 1.22. The van der Waals surface area contributed by atoms with Gasteiger partial charge in [-0.2, -0.15) is 0 Å². The number of hydrogen-bond acceptors (Lipinski definition) is 1. The lowest BCUT2D eigenvalue weighted by Crippen LogP contribution is -2.58. The van der Waals surface area contributed by atoms with Gasteiger partial charge >= 0.3 is 0 Å². The summed E-state index contributed by atoms with van der Waals surface area (Å²) in [6, 6.07) is 22.2. The molecule has 0 N–H and O–H groups in total. The van der Waals surface area contributed by atoms with E-state index in [-0.39, 0.29) is 0 Å². The van der Waals surface area contributed by atoms with Crippen LogP contribution in [0.1, 0.15) is 16.7 Å². The number of nitrogens with zero attached hydrogens (tertiary/aromatic N) is 1. The van der Waals surface area contributed by atoms with Gasteiger partial charge in [-0.3, -0.25) is 0 Å². The SMILES string of the molecule is Cc1cc(C)c(B2c3ccccc3N(C)c3ccccc32)c(C)c1. The van der Waals surface area contributed by atoms with Gasteiger partial charge in [-0.1, -0.05) is 70.7 Å². The molecule has 0 amide bonds. The van der Waals surface area contributed by atoms with Crippen LogP contribution in [-0.2, 0) is 0 Å². The van der Waals surface area contributed by atoms with Gasteiger partial charge in [0.2, 0.25) is 6.71 Å². The average Bonchev–Trinajstić information content (AvgIpc) is 2.57. The standard InChI is InChI=1S/C22H22BN/c1-15-13-16(2)22(17(3)14-15)23-18-9-5-7-11-20(18)24(4)21-12-8-6-10-19(21)23/h5-14H,1-4H3. The van der Waals surface area contributed by atoms with Crippen molar-refractivity contribution >= 4 is 34.5 Å². The normalized spacial score (nSPS) is 12.8. The third kappa shape index (κ3) is 2.17. The lowest BCUT2D eigenvalue weighted by atomic mass is 9.34. The van der Waals surface area contributed by atoms with Crippen LogP contribution in [0, 0.1) is 20.8 Å². The van der Waals surface area contributed by atoms with Crippen molar-refractivity contribution < 1.29 is 0 Å². The Balaban J connectivity index is 2.05. The molecule has 0 spiro atoms. The summed E-state index contributed by atoms with van der Waals surface area (Å²) >= 11 is 0. The highest BCUT2D eigenvalue weighted by Crippen LogP contribution is 2.26. The summed E-state index contributed by atoms with van der Waals surface area (Å²) in [6.45, 7) is 6.98. The number of benzene rings is 3. The van der Waals surface area contributed by atoms with Crippen LogP contribution in [0.3, 0.4) is 0 Å². The summed E-state index contributed by atoms with van der Waals surface area (Å²) in [4.78, 5) is 2.32. The molecule has 0 atom stereocenters. The van der Waals surface area contributed by atoms with Crippen LogP contribution >= 0.6 is 0 Å². The van der Waals surface area contributed by atoms with Crippen LogP contribution in [0.15, 0.2) is 60.7 Å². The summed E-state index contributed by atoms with van der Waals surface area (Å²) in [7, 11) is 2.17. The zero-order chi connectivity index (χ0) is 16.8. The Kier molecular flexibility index (Phi) is 3.49. The molecular formula is C22H22BN. The Labute approximate surface area is 145 Å². The molecule has 118 valence electrons. The van der Waals surface area contributed by atoms with Gasteiger partial charge in [-0.15, -0.1) is 0 Å². The summed E-state index contributed by atoms with van der Waals surface area (Å²) in [5.74, 6) is 0. The summed E-state index contributed by atoms with van der Waals surface area (Å²) in [5.41, 5.74) is 11.0. The van der Waals surface area contributed by atoms with Gasteiger partial charge in [0.05, 0.1) is 0 Å². The quantitative estimate of drug-likeness (QED) is 0.624. The van der Waals surface area contributed by atoms with Crippen molar-refractivity contribution in [1.29, 1.82) is 0 Å². The van der Waals surface area contributed by atoms with Crippen molar-refractivity contribution in [2.24, 2.45) is 0 Å². The van der Waals surface area contributed by atoms with Gasteiger partial charge in [-0.25, -0.2) is 0 Å². The maximum absolute atomic E-state index is 2.32. The van der Waals surface area contributed by atoms with Gasteiger partial charge in [0, 0.05) is 18.4 Å². The minimum Gasteiger partial charge on any atom is -0.345 e. The summed E-state index contributed by atoms with van der Waals surface area (Å²) in [5, 5.41) is 0. The van der Waals surface area contributed by atoms with E-state index in [4.69, 9.17) is 0 Å². The molecular weight excluding hydrogens is 289 g/mol. The minimum absolute atomic E-state index is 0.300.